The molecule has 0 aliphatic rings. The summed E-state index contributed by atoms with van der Waals surface area (Å²) < 4.78 is 5.92. The second-order valence-corrected chi connectivity index (χ2v) is 5.86. The smallest absolute Gasteiger partial charge is 0.231 e. The van der Waals surface area contributed by atoms with Crippen molar-refractivity contribution in [3.05, 3.63) is 47.1 Å². The molecule has 0 saturated carbocycles. The number of ether oxygens (including phenoxy) is 1. The van der Waals surface area contributed by atoms with E-state index in [4.69, 9.17) is 4.74 Å². The van der Waals surface area contributed by atoms with Crippen molar-refractivity contribution in [2.75, 3.05) is 7.05 Å². The van der Waals surface area contributed by atoms with Crippen molar-refractivity contribution < 1.29 is 4.74 Å². The summed E-state index contributed by atoms with van der Waals surface area (Å²) in [4.78, 5) is 10.8. The molecule has 21 heavy (non-hydrogen) atoms. The van der Waals surface area contributed by atoms with Gasteiger partial charge in [-0.2, -0.15) is 0 Å². The third kappa shape index (κ3) is 3.04. The Morgan fingerprint density at radius 2 is 2.00 bits per heavy atom. The average Bonchev–Trinajstić information content (AvgIpc) is 2.94. The van der Waals surface area contributed by atoms with Gasteiger partial charge in [0.15, 0.2) is 0 Å². The van der Waals surface area contributed by atoms with Gasteiger partial charge in [0.2, 0.25) is 5.88 Å². The summed E-state index contributed by atoms with van der Waals surface area (Å²) >= 11 is 1.69. The predicted molar refractivity (Wildman–Crippen MR) is 86.1 cm³/mol. The average molecular weight is 299 g/mol. The predicted octanol–water partition coefficient (Wildman–Crippen LogP) is 3.77. The van der Waals surface area contributed by atoms with Crippen LogP contribution in [-0.4, -0.2) is 17.0 Å². The second-order valence-electron chi connectivity index (χ2n) is 4.74. The first-order valence-electron chi connectivity index (χ1n) is 6.95. The van der Waals surface area contributed by atoms with Crippen LogP contribution in [0, 0.1) is 0 Å². The van der Waals surface area contributed by atoms with Crippen molar-refractivity contribution in [2.24, 2.45) is 0 Å². The first kappa shape index (κ1) is 14.0. The van der Waals surface area contributed by atoms with Gasteiger partial charge in [-0.15, -0.1) is 11.3 Å². The van der Waals surface area contributed by atoms with Gasteiger partial charge < -0.3 is 10.1 Å². The number of nitrogens with zero attached hydrogens (tertiary/aromatic N) is 2. The molecular formula is C16H17N3OS. The first-order valence-corrected chi connectivity index (χ1v) is 7.76. The SMILES string of the molecule is CCc1cc2c(Oc3ccc(CNC)cc3)ncnc2s1. The normalized spacial score (nSPS) is 11.0. The molecule has 108 valence electrons. The van der Waals surface area contributed by atoms with E-state index in [1.165, 1.54) is 10.4 Å². The van der Waals surface area contributed by atoms with E-state index in [0.717, 1.165) is 28.9 Å². The Bertz CT molecular complexity index is 737. The number of fused-ring (bicyclic) bond motifs is 1. The fourth-order valence-electron chi connectivity index (χ4n) is 2.13. The van der Waals surface area contributed by atoms with E-state index in [0.29, 0.717) is 5.88 Å². The standard InChI is InChI=1S/C16H17N3OS/c1-3-13-8-14-15(18-10-19-16(14)21-13)20-12-6-4-11(5-7-12)9-17-2/h4-8,10,17H,3,9H2,1-2H3. The highest BCUT2D eigenvalue weighted by molar-refractivity contribution is 7.18. The third-order valence-corrected chi connectivity index (χ3v) is 4.40. The Kier molecular flexibility index (Phi) is 4.13. The quantitative estimate of drug-likeness (QED) is 0.779. The highest BCUT2D eigenvalue weighted by Crippen LogP contribution is 2.32. The fourth-order valence-corrected chi connectivity index (χ4v) is 3.06. The van der Waals surface area contributed by atoms with Gasteiger partial charge in [-0.25, -0.2) is 9.97 Å². The molecule has 0 bridgehead atoms. The summed E-state index contributed by atoms with van der Waals surface area (Å²) in [6, 6.07) is 10.1. The van der Waals surface area contributed by atoms with Crippen LogP contribution in [0.5, 0.6) is 11.6 Å². The molecule has 3 rings (SSSR count). The molecule has 0 aliphatic heterocycles. The summed E-state index contributed by atoms with van der Waals surface area (Å²) in [6.45, 7) is 2.99. The Balaban J connectivity index is 1.88. The maximum Gasteiger partial charge on any atom is 0.231 e. The lowest BCUT2D eigenvalue weighted by atomic mass is 10.2. The molecule has 0 radical (unpaired) electrons. The first-order chi connectivity index (χ1) is 10.3. The van der Waals surface area contributed by atoms with Crippen LogP contribution in [0.2, 0.25) is 0 Å². The Morgan fingerprint density at radius 3 is 2.71 bits per heavy atom. The van der Waals surface area contributed by atoms with Gasteiger partial charge in [0.1, 0.15) is 16.9 Å². The van der Waals surface area contributed by atoms with Crippen molar-refractivity contribution in [3.8, 4) is 11.6 Å². The van der Waals surface area contributed by atoms with E-state index in [1.54, 1.807) is 17.7 Å². The topological polar surface area (TPSA) is 47.0 Å². The van der Waals surface area contributed by atoms with Gasteiger partial charge in [0.05, 0.1) is 5.39 Å². The molecule has 1 aromatic carbocycles. The van der Waals surface area contributed by atoms with E-state index >= 15 is 0 Å². The van der Waals surface area contributed by atoms with Crippen molar-refractivity contribution in [1.29, 1.82) is 0 Å². The molecule has 0 spiro atoms. The zero-order valence-corrected chi connectivity index (χ0v) is 12.9. The minimum absolute atomic E-state index is 0.623. The van der Waals surface area contributed by atoms with E-state index in [9.17, 15) is 0 Å². The number of aryl methyl sites for hydroxylation is 1. The van der Waals surface area contributed by atoms with Crippen LogP contribution in [0.3, 0.4) is 0 Å². The minimum Gasteiger partial charge on any atom is -0.438 e. The van der Waals surface area contributed by atoms with Gasteiger partial charge in [0, 0.05) is 11.4 Å². The zero-order valence-electron chi connectivity index (χ0n) is 12.1. The molecule has 4 nitrogen and oxygen atoms in total. The third-order valence-electron chi connectivity index (χ3n) is 3.21. The van der Waals surface area contributed by atoms with Gasteiger partial charge in [0.25, 0.3) is 0 Å². The highest BCUT2D eigenvalue weighted by Gasteiger charge is 2.09. The van der Waals surface area contributed by atoms with Crippen molar-refractivity contribution in [2.45, 2.75) is 19.9 Å². The molecule has 2 aromatic heterocycles. The monoisotopic (exact) mass is 299 g/mol. The van der Waals surface area contributed by atoms with Crippen LogP contribution >= 0.6 is 11.3 Å². The van der Waals surface area contributed by atoms with Crippen molar-refractivity contribution in [3.63, 3.8) is 0 Å². The van der Waals surface area contributed by atoms with Crippen LogP contribution in [0.25, 0.3) is 10.2 Å². The number of rotatable bonds is 5. The molecule has 0 atom stereocenters. The minimum atomic E-state index is 0.623. The molecule has 0 unspecified atom stereocenters. The van der Waals surface area contributed by atoms with Crippen LogP contribution < -0.4 is 10.1 Å². The molecule has 5 heteroatoms. The summed E-state index contributed by atoms with van der Waals surface area (Å²) in [5, 5.41) is 4.11. The molecule has 0 aliphatic carbocycles. The Hall–Kier alpha value is -1.98. The van der Waals surface area contributed by atoms with Crippen molar-refractivity contribution >= 4 is 21.6 Å². The number of hydrogen-bond acceptors (Lipinski definition) is 5. The molecular weight excluding hydrogens is 282 g/mol. The number of hydrogen-bond donors (Lipinski definition) is 1. The largest absolute Gasteiger partial charge is 0.438 e. The van der Waals surface area contributed by atoms with Crippen LogP contribution in [-0.2, 0) is 13.0 Å². The van der Waals surface area contributed by atoms with E-state index in [-0.39, 0.29) is 0 Å². The van der Waals surface area contributed by atoms with E-state index in [1.807, 2.05) is 19.2 Å². The van der Waals surface area contributed by atoms with Crippen LogP contribution in [0.4, 0.5) is 0 Å². The van der Waals surface area contributed by atoms with Gasteiger partial charge in [-0.1, -0.05) is 19.1 Å². The van der Waals surface area contributed by atoms with Gasteiger partial charge in [-0.3, -0.25) is 0 Å². The number of benzene rings is 1. The lowest BCUT2D eigenvalue weighted by Crippen LogP contribution is -2.04. The van der Waals surface area contributed by atoms with E-state index in [2.05, 4.69) is 40.4 Å². The summed E-state index contributed by atoms with van der Waals surface area (Å²) in [7, 11) is 1.93. The second kappa shape index (κ2) is 6.20. The maximum atomic E-state index is 5.92. The lowest BCUT2D eigenvalue weighted by Gasteiger charge is -2.06. The number of nitrogens with one attached hydrogen (secondary N) is 1. The lowest BCUT2D eigenvalue weighted by molar-refractivity contribution is 0.468. The number of aromatic nitrogens is 2. The molecule has 0 saturated heterocycles. The maximum absolute atomic E-state index is 5.92. The van der Waals surface area contributed by atoms with Gasteiger partial charge >= 0.3 is 0 Å². The zero-order chi connectivity index (χ0) is 14.7. The Labute approximate surface area is 127 Å². The molecule has 2 heterocycles. The van der Waals surface area contributed by atoms with E-state index < -0.39 is 0 Å². The Morgan fingerprint density at radius 1 is 1.19 bits per heavy atom. The molecule has 1 N–H and O–H groups in total. The fraction of sp³-hybridized carbons (Fsp3) is 0.250. The van der Waals surface area contributed by atoms with Crippen LogP contribution in [0.15, 0.2) is 36.7 Å². The summed E-state index contributed by atoms with van der Waals surface area (Å²) in [6.07, 6.45) is 2.56. The number of thiophene rings is 1. The summed E-state index contributed by atoms with van der Waals surface area (Å²) in [5.41, 5.74) is 1.22. The van der Waals surface area contributed by atoms with Gasteiger partial charge in [-0.05, 0) is 37.2 Å². The molecule has 0 amide bonds. The molecule has 0 fully saturated rings. The van der Waals surface area contributed by atoms with Crippen molar-refractivity contribution in [1.82, 2.24) is 15.3 Å². The highest BCUT2D eigenvalue weighted by atomic mass is 32.1. The summed E-state index contributed by atoms with van der Waals surface area (Å²) in [5.74, 6) is 1.41. The molecule has 3 aromatic rings. The van der Waals surface area contributed by atoms with Crippen LogP contribution in [0.1, 0.15) is 17.4 Å².